The summed E-state index contributed by atoms with van der Waals surface area (Å²) in [6.45, 7) is 1.97. The van der Waals surface area contributed by atoms with Gasteiger partial charge in [0.1, 0.15) is 11.5 Å². The number of thioether (sulfide) groups is 1. The molecule has 1 N–H and O–H groups in total. The summed E-state index contributed by atoms with van der Waals surface area (Å²) in [5.74, 6) is 1.77. The van der Waals surface area contributed by atoms with Gasteiger partial charge in [0.2, 0.25) is 11.0 Å². The molecule has 0 saturated carbocycles. The minimum Gasteiger partial charge on any atom is -0.459 e. The quantitative estimate of drug-likeness (QED) is 0.442. The Kier molecular flexibility index (Phi) is 7.49. The van der Waals surface area contributed by atoms with Crippen LogP contribution in [0.2, 0.25) is 5.02 Å². The zero-order valence-corrected chi connectivity index (χ0v) is 19.4. The van der Waals surface area contributed by atoms with Crippen LogP contribution < -0.4 is 5.32 Å². The molecule has 10 heteroatoms. The normalized spacial score (nSPS) is 15.9. The van der Waals surface area contributed by atoms with Crippen molar-refractivity contribution in [2.75, 3.05) is 31.3 Å². The van der Waals surface area contributed by atoms with Crippen molar-refractivity contribution in [1.82, 2.24) is 15.1 Å². The first-order valence-corrected chi connectivity index (χ1v) is 12.2. The maximum Gasteiger partial charge on any atom is 0.233 e. The lowest BCUT2D eigenvalue weighted by atomic mass is 10.2. The number of nitrogens with one attached hydrogen (secondary N) is 1. The second-order valence-electron chi connectivity index (χ2n) is 7.20. The lowest BCUT2D eigenvalue weighted by Gasteiger charge is -2.14. The van der Waals surface area contributed by atoms with Crippen molar-refractivity contribution in [2.45, 2.75) is 29.8 Å². The van der Waals surface area contributed by atoms with E-state index >= 15 is 0 Å². The van der Waals surface area contributed by atoms with Crippen molar-refractivity contribution < 1.29 is 13.9 Å². The fraction of sp³-hybridized carbons (Fsp3) is 0.381. The first-order valence-electron chi connectivity index (χ1n) is 9.97. The highest BCUT2D eigenvalue weighted by Gasteiger charge is 2.17. The van der Waals surface area contributed by atoms with E-state index in [0.717, 1.165) is 52.5 Å². The Morgan fingerprint density at radius 2 is 2.13 bits per heavy atom. The number of nitrogens with zero attached hydrogens (tertiary/aromatic N) is 3. The molecule has 0 radical (unpaired) electrons. The number of carbonyl (C=O) groups excluding carboxylic acids is 1. The summed E-state index contributed by atoms with van der Waals surface area (Å²) in [5, 5.41) is 13.0. The van der Waals surface area contributed by atoms with Gasteiger partial charge in [0, 0.05) is 30.8 Å². The molecule has 1 saturated heterocycles. The molecule has 164 valence electrons. The number of aromatic nitrogens is 2. The lowest BCUT2D eigenvalue weighted by Crippen LogP contribution is -2.27. The molecule has 0 aliphatic carbocycles. The Labute approximate surface area is 194 Å². The molecule has 4 rings (SSSR count). The van der Waals surface area contributed by atoms with Crippen LogP contribution in [0.15, 0.2) is 45.2 Å². The summed E-state index contributed by atoms with van der Waals surface area (Å²) in [7, 11) is 1.77. The van der Waals surface area contributed by atoms with Gasteiger partial charge in [-0.3, -0.25) is 4.79 Å². The smallest absolute Gasteiger partial charge is 0.233 e. The van der Waals surface area contributed by atoms with Gasteiger partial charge in [0.25, 0.3) is 0 Å². The van der Waals surface area contributed by atoms with Crippen LogP contribution in [0.25, 0.3) is 11.3 Å². The zero-order chi connectivity index (χ0) is 21.6. The first kappa shape index (κ1) is 22.1. The summed E-state index contributed by atoms with van der Waals surface area (Å²) < 4.78 is 12.2. The minimum atomic E-state index is -0.00138. The second kappa shape index (κ2) is 10.5. The third kappa shape index (κ3) is 6.22. The number of amides is 1. The van der Waals surface area contributed by atoms with Crippen molar-refractivity contribution in [3.05, 3.63) is 47.2 Å². The Morgan fingerprint density at radius 1 is 1.29 bits per heavy atom. The maximum absolute atomic E-state index is 12.5. The molecular weight excluding hydrogens is 456 g/mol. The van der Waals surface area contributed by atoms with E-state index in [1.54, 1.807) is 11.9 Å². The van der Waals surface area contributed by atoms with Gasteiger partial charge in [0.15, 0.2) is 4.34 Å². The fourth-order valence-electron chi connectivity index (χ4n) is 3.13. The number of carbonyl (C=O) groups is 1. The molecule has 3 aromatic rings. The van der Waals surface area contributed by atoms with Gasteiger partial charge in [-0.25, -0.2) is 0 Å². The van der Waals surface area contributed by atoms with Gasteiger partial charge in [-0.15, -0.1) is 10.2 Å². The zero-order valence-electron chi connectivity index (χ0n) is 17.0. The lowest BCUT2D eigenvalue weighted by molar-refractivity contribution is -0.127. The molecule has 0 spiro atoms. The van der Waals surface area contributed by atoms with Crippen LogP contribution >= 0.6 is 34.7 Å². The molecule has 1 aromatic carbocycles. The highest BCUT2D eigenvalue weighted by molar-refractivity contribution is 8.01. The van der Waals surface area contributed by atoms with Crippen LogP contribution in [0.5, 0.6) is 0 Å². The molecule has 1 amide bonds. The van der Waals surface area contributed by atoms with Gasteiger partial charge in [-0.1, -0.05) is 34.7 Å². The Bertz CT molecular complexity index is 1000. The van der Waals surface area contributed by atoms with Gasteiger partial charge >= 0.3 is 0 Å². The van der Waals surface area contributed by atoms with Crippen molar-refractivity contribution >= 4 is 45.7 Å². The Hall–Kier alpha value is -2.07. The molecule has 0 bridgehead atoms. The molecule has 1 unspecified atom stereocenters. The molecular formula is C21H23ClN4O3S2. The SMILES string of the molecule is CN(Cc1ccc(-c2ccc(Cl)cc2)o1)C(=O)CSc1nnc(NCC2CCCO2)s1. The summed E-state index contributed by atoms with van der Waals surface area (Å²) in [6.07, 6.45) is 2.43. The van der Waals surface area contributed by atoms with Crippen molar-refractivity contribution in [1.29, 1.82) is 0 Å². The largest absolute Gasteiger partial charge is 0.459 e. The second-order valence-corrected chi connectivity index (χ2v) is 9.84. The number of halogens is 1. The van der Waals surface area contributed by atoms with E-state index in [1.165, 1.54) is 23.1 Å². The van der Waals surface area contributed by atoms with Crippen molar-refractivity contribution in [3.63, 3.8) is 0 Å². The molecule has 7 nitrogen and oxygen atoms in total. The number of benzene rings is 1. The fourth-order valence-corrected chi connectivity index (χ4v) is 4.96. The third-order valence-electron chi connectivity index (χ3n) is 4.84. The number of furan rings is 1. The van der Waals surface area contributed by atoms with Crippen LogP contribution in [-0.4, -0.2) is 53.1 Å². The highest BCUT2D eigenvalue weighted by Crippen LogP contribution is 2.27. The van der Waals surface area contributed by atoms with Crippen LogP contribution in [0, 0.1) is 0 Å². The standard InChI is InChI=1S/C21H23ClN4O3S2/c1-26(12-17-8-9-18(29-17)14-4-6-15(22)7-5-14)19(27)13-30-21-25-24-20(31-21)23-11-16-3-2-10-28-16/h4-9,16H,2-3,10-13H2,1H3,(H,23,24). The minimum absolute atomic E-state index is 0.00138. The number of anilines is 1. The van der Waals surface area contributed by atoms with E-state index in [1.807, 2.05) is 36.4 Å². The molecule has 2 aromatic heterocycles. The third-order valence-corrected chi connectivity index (χ3v) is 7.09. The first-order chi connectivity index (χ1) is 15.1. The van der Waals surface area contributed by atoms with E-state index < -0.39 is 0 Å². The molecule has 3 heterocycles. The number of hydrogen-bond acceptors (Lipinski definition) is 8. The van der Waals surface area contributed by atoms with Crippen molar-refractivity contribution in [2.24, 2.45) is 0 Å². The molecule has 1 fully saturated rings. The van der Waals surface area contributed by atoms with E-state index in [9.17, 15) is 4.79 Å². The van der Waals surface area contributed by atoms with Gasteiger partial charge in [-0.05, 0) is 49.2 Å². The van der Waals surface area contributed by atoms with Crippen LogP contribution in [0.1, 0.15) is 18.6 Å². The van der Waals surface area contributed by atoms with E-state index in [2.05, 4.69) is 15.5 Å². The average molecular weight is 479 g/mol. The van der Waals surface area contributed by atoms with E-state index in [-0.39, 0.29) is 12.0 Å². The number of ether oxygens (including phenoxy) is 1. The summed E-state index contributed by atoms with van der Waals surface area (Å²) in [5.41, 5.74) is 0.945. The number of rotatable bonds is 9. The summed E-state index contributed by atoms with van der Waals surface area (Å²) in [6, 6.07) is 11.2. The molecule has 1 aliphatic heterocycles. The molecule has 31 heavy (non-hydrogen) atoms. The van der Waals surface area contributed by atoms with Gasteiger partial charge in [-0.2, -0.15) is 0 Å². The number of hydrogen-bond donors (Lipinski definition) is 1. The predicted molar refractivity (Wildman–Crippen MR) is 124 cm³/mol. The Morgan fingerprint density at radius 3 is 2.90 bits per heavy atom. The van der Waals surface area contributed by atoms with Gasteiger partial charge in [0.05, 0.1) is 18.4 Å². The topological polar surface area (TPSA) is 80.5 Å². The van der Waals surface area contributed by atoms with Crippen molar-refractivity contribution in [3.8, 4) is 11.3 Å². The maximum atomic E-state index is 12.5. The van der Waals surface area contributed by atoms with Crippen LogP contribution in [-0.2, 0) is 16.1 Å². The molecule has 1 aliphatic rings. The summed E-state index contributed by atoms with van der Waals surface area (Å²) >= 11 is 8.77. The predicted octanol–water partition coefficient (Wildman–Crippen LogP) is 4.79. The molecule has 1 atom stereocenters. The van der Waals surface area contributed by atoms with E-state index in [4.69, 9.17) is 20.8 Å². The Balaban J connectivity index is 1.23. The monoisotopic (exact) mass is 478 g/mol. The van der Waals surface area contributed by atoms with Crippen LogP contribution in [0.3, 0.4) is 0 Å². The summed E-state index contributed by atoms with van der Waals surface area (Å²) in [4.78, 5) is 14.2. The van der Waals surface area contributed by atoms with Crippen LogP contribution in [0.4, 0.5) is 5.13 Å². The van der Waals surface area contributed by atoms with Gasteiger partial charge < -0.3 is 19.4 Å². The highest BCUT2D eigenvalue weighted by atomic mass is 35.5. The van der Waals surface area contributed by atoms with E-state index in [0.29, 0.717) is 17.3 Å². The average Bonchev–Trinajstić information content (AvgIpc) is 3.53.